The molecule has 0 spiro atoms. The van der Waals surface area contributed by atoms with E-state index in [2.05, 4.69) is 20.1 Å². The molecular formula is C14H9N5O2. The van der Waals surface area contributed by atoms with Gasteiger partial charge in [0, 0.05) is 24.2 Å². The highest BCUT2D eigenvalue weighted by Crippen LogP contribution is 2.22. The molecule has 0 N–H and O–H groups in total. The Morgan fingerprint density at radius 3 is 2.81 bits per heavy atom. The molecule has 0 saturated carbocycles. The van der Waals surface area contributed by atoms with E-state index >= 15 is 0 Å². The summed E-state index contributed by atoms with van der Waals surface area (Å²) < 4.78 is 12.0. The molecule has 7 nitrogen and oxygen atoms in total. The van der Waals surface area contributed by atoms with Gasteiger partial charge < -0.3 is 8.94 Å². The highest BCUT2D eigenvalue weighted by atomic mass is 16.5. The maximum absolute atomic E-state index is 5.20. The van der Waals surface area contributed by atoms with Crippen LogP contribution >= 0.6 is 0 Å². The van der Waals surface area contributed by atoms with Gasteiger partial charge in [-0.1, -0.05) is 5.16 Å². The molecule has 4 aromatic heterocycles. The van der Waals surface area contributed by atoms with Crippen LogP contribution in [0, 0.1) is 0 Å². The second-order valence-corrected chi connectivity index (χ2v) is 4.31. The van der Waals surface area contributed by atoms with Crippen molar-refractivity contribution in [3.05, 3.63) is 55.6 Å². The van der Waals surface area contributed by atoms with Crippen LogP contribution in [0.3, 0.4) is 0 Å². The maximum atomic E-state index is 5.20. The number of imidazole rings is 1. The first kappa shape index (κ1) is 11.6. The minimum atomic E-state index is 0.414. The van der Waals surface area contributed by atoms with E-state index in [4.69, 9.17) is 8.94 Å². The van der Waals surface area contributed by atoms with Crippen LogP contribution < -0.4 is 0 Å². The first-order valence-electron chi connectivity index (χ1n) is 6.21. The summed E-state index contributed by atoms with van der Waals surface area (Å²) in [5, 5.41) is 3.95. The fraction of sp³-hybridized carbons (Fsp3) is 0. The zero-order valence-corrected chi connectivity index (χ0v) is 10.7. The first-order valence-corrected chi connectivity index (χ1v) is 6.21. The van der Waals surface area contributed by atoms with Crippen molar-refractivity contribution in [1.82, 2.24) is 24.7 Å². The molecule has 0 amide bonds. The molecule has 0 aliphatic rings. The largest absolute Gasteiger partial charge is 0.472 e. The minimum Gasteiger partial charge on any atom is -0.472 e. The molecule has 0 atom stereocenters. The van der Waals surface area contributed by atoms with Crippen LogP contribution in [0.1, 0.15) is 0 Å². The van der Waals surface area contributed by atoms with Gasteiger partial charge in [0.2, 0.25) is 5.82 Å². The van der Waals surface area contributed by atoms with Crippen LogP contribution in [0.15, 0.2) is 64.6 Å². The third kappa shape index (κ3) is 2.10. The zero-order chi connectivity index (χ0) is 14.1. The highest BCUT2D eigenvalue weighted by molar-refractivity contribution is 5.58. The topological polar surface area (TPSA) is 82.8 Å². The molecule has 0 bridgehead atoms. The molecule has 0 unspecified atom stereocenters. The monoisotopic (exact) mass is 279 g/mol. The molecule has 4 rings (SSSR count). The Hall–Kier alpha value is -3.22. The number of hydrogen-bond donors (Lipinski definition) is 0. The summed E-state index contributed by atoms with van der Waals surface area (Å²) in [5.41, 5.74) is 1.52. The van der Waals surface area contributed by atoms with Crippen LogP contribution in [-0.2, 0) is 0 Å². The van der Waals surface area contributed by atoms with Crippen LogP contribution in [0.4, 0.5) is 0 Å². The average molecular weight is 279 g/mol. The molecule has 102 valence electrons. The molecular weight excluding hydrogens is 270 g/mol. The van der Waals surface area contributed by atoms with E-state index in [9.17, 15) is 0 Å². The number of furan rings is 1. The summed E-state index contributed by atoms with van der Waals surface area (Å²) in [6.07, 6.45) is 10.0. The molecule has 4 heterocycles. The number of rotatable bonds is 3. The normalized spacial score (nSPS) is 10.9. The molecule has 0 saturated heterocycles. The van der Waals surface area contributed by atoms with Crippen LogP contribution in [0.2, 0.25) is 0 Å². The van der Waals surface area contributed by atoms with Crippen molar-refractivity contribution < 1.29 is 8.94 Å². The van der Waals surface area contributed by atoms with Crippen molar-refractivity contribution in [2.24, 2.45) is 0 Å². The molecule has 0 aromatic carbocycles. The van der Waals surface area contributed by atoms with E-state index < -0.39 is 0 Å². The van der Waals surface area contributed by atoms with Crippen LogP contribution in [0.25, 0.3) is 28.7 Å². The van der Waals surface area contributed by atoms with Gasteiger partial charge in [-0.3, -0.25) is 4.57 Å². The minimum absolute atomic E-state index is 0.414. The Balaban J connectivity index is 1.65. The van der Waals surface area contributed by atoms with Crippen molar-refractivity contribution >= 4 is 0 Å². The average Bonchev–Trinajstić information content (AvgIpc) is 3.27. The third-order valence-electron chi connectivity index (χ3n) is 2.97. The molecule has 0 aliphatic carbocycles. The molecule has 0 radical (unpaired) electrons. The van der Waals surface area contributed by atoms with Gasteiger partial charge >= 0.3 is 0 Å². The van der Waals surface area contributed by atoms with E-state index in [-0.39, 0.29) is 0 Å². The van der Waals surface area contributed by atoms with E-state index in [0.717, 1.165) is 16.9 Å². The highest BCUT2D eigenvalue weighted by Gasteiger charge is 2.11. The lowest BCUT2D eigenvalue weighted by Gasteiger charge is -2.00. The number of pyridine rings is 1. The standard InChI is InChI=1S/C14H9N5O2/c1-2-12(19-5-4-15-9-19)16-7-10(1)13-17-14(21-18-13)11-3-6-20-8-11/h1-9H. The summed E-state index contributed by atoms with van der Waals surface area (Å²) in [5.74, 6) is 1.67. The fourth-order valence-electron chi connectivity index (χ4n) is 1.91. The smallest absolute Gasteiger partial charge is 0.261 e. The summed E-state index contributed by atoms with van der Waals surface area (Å²) in [6, 6.07) is 5.51. The van der Waals surface area contributed by atoms with Gasteiger partial charge in [0.25, 0.3) is 5.89 Å². The lowest BCUT2D eigenvalue weighted by Crippen LogP contribution is -1.94. The van der Waals surface area contributed by atoms with Crippen LogP contribution in [-0.4, -0.2) is 24.7 Å². The molecule has 7 heteroatoms. The lowest BCUT2D eigenvalue weighted by molar-refractivity contribution is 0.431. The Morgan fingerprint density at radius 1 is 1.10 bits per heavy atom. The van der Waals surface area contributed by atoms with E-state index in [1.807, 2.05) is 22.9 Å². The van der Waals surface area contributed by atoms with E-state index in [1.54, 1.807) is 37.3 Å². The second kappa shape index (κ2) is 4.71. The zero-order valence-electron chi connectivity index (χ0n) is 10.7. The summed E-state index contributed by atoms with van der Waals surface area (Å²) in [7, 11) is 0. The van der Waals surface area contributed by atoms with Crippen molar-refractivity contribution in [2.45, 2.75) is 0 Å². The van der Waals surface area contributed by atoms with Gasteiger partial charge in [0.05, 0.1) is 11.8 Å². The Labute approximate surface area is 118 Å². The summed E-state index contributed by atoms with van der Waals surface area (Å²) in [6.45, 7) is 0. The summed E-state index contributed by atoms with van der Waals surface area (Å²) in [4.78, 5) is 12.7. The van der Waals surface area contributed by atoms with Gasteiger partial charge in [-0.15, -0.1) is 0 Å². The lowest BCUT2D eigenvalue weighted by atomic mass is 10.2. The predicted molar refractivity (Wildman–Crippen MR) is 72.4 cm³/mol. The van der Waals surface area contributed by atoms with E-state index in [0.29, 0.717) is 11.7 Å². The molecule has 4 aromatic rings. The van der Waals surface area contributed by atoms with Gasteiger partial charge in [0.1, 0.15) is 18.4 Å². The Morgan fingerprint density at radius 2 is 2.10 bits per heavy atom. The Kier molecular flexibility index (Phi) is 2.60. The maximum Gasteiger partial charge on any atom is 0.261 e. The summed E-state index contributed by atoms with van der Waals surface area (Å²) >= 11 is 0. The first-order chi connectivity index (χ1) is 10.4. The van der Waals surface area contributed by atoms with Crippen molar-refractivity contribution in [3.63, 3.8) is 0 Å². The predicted octanol–water partition coefficient (Wildman–Crippen LogP) is 2.58. The van der Waals surface area contributed by atoms with Gasteiger partial charge in [-0.2, -0.15) is 4.98 Å². The van der Waals surface area contributed by atoms with Gasteiger partial charge in [-0.05, 0) is 18.2 Å². The number of aromatic nitrogens is 5. The fourth-order valence-corrected chi connectivity index (χ4v) is 1.91. The SMILES string of the molecule is c1cn(-c2ccc(-c3noc(-c4ccoc4)n3)cn2)cn1. The quantitative estimate of drug-likeness (QED) is 0.573. The third-order valence-corrected chi connectivity index (χ3v) is 2.97. The second-order valence-electron chi connectivity index (χ2n) is 4.31. The molecule has 21 heavy (non-hydrogen) atoms. The number of hydrogen-bond acceptors (Lipinski definition) is 6. The van der Waals surface area contributed by atoms with Gasteiger partial charge in [0.15, 0.2) is 0 Å². The van der Waals surface area contributed by atoms with E-state index in [1.165, 1.54) is 0 Å². The molecule has 0 fully saturated rings. The molecule has 0 aliphatic heterocycles. The number of nitrogens with zero attached hydrogens (tertiary/aromatic N) is 5. The van der Waals surface area contributed by atoms with Crippen LogP contribution in [0.5, 0.6) is 0 Å². The van der Waals surface area contributed by atoms with Crippen molar-refractivity contribution in [1.29, 1.82) is 0 Å². The Bertz CT molecular complexity index is 832. The van der Waals surface area contributed by atoms with Crippen molar-refractivity contribution in [3.8, 4) is 28.7 Å². The van der Waals surface area contributed by atoms with Crippen molar-refractivity contribution in [2.75, 3.05) is 0 Å². The van der Waals surface area contributed by atoms with Gasteiger partial charge in [-0.25, -0.2) is 9.97 Å².